The summed E-state index contributed by atoms with van der Waals surface area (Å²) in [7, 11) is 0. The molecule has 0 aliphatic rings. The molecular formula is C21H18F3N5O2. The van der Waals surface area contributed by atoms with Crippen molar-refractivity contribution in [2.45, 2.75) is 20.0 Å². The van der Waals surface area contributed by atoms with Crippen LogP contribution in [0.3, 0.4) is 0 Å². The zero-order chi connectivity index (χ0) is 22.8. The summed E-state index contributed by atoms with van der Waals surface area (Å²) >= 11 is 0. The number of rotatable bonds is 2. The van der Waals surface area contributed by atoms with Crippen LogP contribution < -0.4 is 5.73 Å². The average Bonchev–Trinajstić information content (AvgIpc) is 3.09. The fraction of sp³-hybridized carbons (Fsp3) is 0.143. The second-order valence-electron chi connectivity index (χ2n) is 6.64. The van der Waals surface area contributed by atoms with Gasteiger partial charge in [-0.2, -0.15) is 18.3 Å². The van der Waals surface area contributed by atoms with Crippen molar-refractivity contribution in [1.82, 2.24) is 19.6 Å². The molecule has 4 rings (SSSR count). The number of aryl methyl sites for hydroxylation is 2. The van der Waals surface area contributed by atoms with Gasteiger partial charge in [-0.25, -0.2) is 14.5 Å². The van der Waals surface area contributed by atoms with Crippen LogP contribution in [0.1, 0.15) is 27.3 Å². The Morgan fingerprint density at radius 2 is 1.84 bits per heavy atom. The summed E-state index contributed by atoms with van der Waals surface area (Å²) in [5, 5.41) is 13.2. The number of hydrogen-bond donors (Lipinski definition) is 2. The van der Waals surface area contributed by atoms with Crippen LogP contribution in [-0.4, -0.2) is 30.6 Å². The van der Waals surface area contributed by atoms with Crippen LogP contribution in [0.25, 0.3) is 16.9 Å². The van der Waals surface area contributed by atoms with Gasteiger partial charge < -0.3 is 10.8 Å². The monoisotopic (exact) mass is 429 g/mol. The van der Waals surface area contributed by atoms with Crippen molar-refractivity contribution in [1.29, 1.82) is 0 Å². The second-order valence-corrected chi connectivity index (χ2v) is 6.64. The van der Waals surface area contributed by atoms with E-state index in [0.29, 0.717) is 5.65 Å². The van der Waals surface area contributed by atoms with Crippen LogP contribution in [0.15, 0.2) is 54.9 Å². The van der Waals surface area contributed by atoms with Gasteiger partial charge in [0.05, 0.1) is 23.1 Å². The summed E-state index contributed by atoms with van der Waals surface area (Å²) in [4.78, 5) is 18.3. The molecule has 0 spiro atoms. The van der Waals surface area contributed by atoms with E-state index in [9.17, 15) is 18.0 Å². The first kappa shape index (κ1) is 21.8. The quantitative estimate of drug-likeness (QED) is 0.502. The molecule has 0 unspecified atom stereocenters. The highest BCUT2D eigenvalue weighted by molar-refractivity contribution is 5.93. The zero-order valence-electron chi connectivity index (χ0n) is 16.6. The number of halogens is 3. The molecule has 31 heavy (non-hydrogen) atoms. The van der Waals surface area contributed by atoms with Crippen molar-refractivity contribution < 1.29 is 23.1 Å². The van der Waals surface area contributed by atoms with Gasteiger partial charge in [0.15, 0.2) is 11.3 Å². The van der Waals surface area contributed by atoms with Crippen LogP contribution in [0.2, 0.25) is 0 Å². The van der Waals surface area contributed by atoms with Gasteiger partial charge in [0.25, 0.3) is 5.91 Å². The first-order chi connectivity index (χ1) is 14.6. The van der Waals surface area contributed by atoms with E-state index in [1.807, 2.05) is 13.8 Å². The second kappa shape index (κ2) is 8.42. The summed E-state index contributed by atoms with van der Waals surface area (Å²) in [6, 6.07) is 9.95. The summed E-state index contributed by atoms with van der Waals surface area (Å²) in [5.41, 5.74) is 6.63. The van der Waals surface area contributed by atoms with Gasteiger partial charge in [0, 0.05) is 11.8 Å². The Morgan fingerprint density at radius 1 is 1.13 bits per heavy atom. The van der Waals surface area contributed by atoms with Crippen LogP contribution in [-0.2, 0) is 6.18 Å². The number of fused-ring (bicyclic) bond motifs is 1. The third-order valence-corrected chi connectivity index (χ3v) is 4.26. The van der Waals surface area contributed by atoms with Gasteiger partial charge in [-0.3, -0.25) is 4.79 Å². The van der Waals surface area contributed by atoms with Crippen molar-refractivity contribution in [2.24, 2.45) is 5.73 Å². The summed E-state index contributed by atoms with van der Waals surface area (Å²) in [5.74, 6) is -0.909. The number of alkyl halides is 3. The van der Waals surface area contributed by atoms with Crippen LogP contribution in [0.5, 0.6) is 5.75 Å². The number of pyridine rings is 1. The highest BCUT2D eigenvalue weighted by Gasteiger charge is 2.33. The van der Waals surface area contributed by atoms with E-state index in [4.69, 9.17) is 10.8 Å². The van der Waals surface area contributed by atoms with E-state index < -0.39 is 17.6 Å². The molecule has 4 aromatic rings. The van der Waals surface area contributed by atoms with E-state index in [1.165, 1.54) is 35.0 Å². The van der Waals surface area contributed by atoms with Gasteiger partial charge in [-0.1, -0.05) is 18.2 Å². The molecule has 7 nitrogen and oxygen atoms in total. The molecule has 10 heteroatoms. The highest BCUT2D eigenvalue weighted by atomic mass is 19.4. The minimum absolute atomic E-state index is 0.0707. The van der Waals surface area contributed by atoms with Crippen molar-refractivity contribution >= 4 is 11.6 Å². The first-order valence-electron chi connectivity index (χ1n) is 9.02. The molecule has 0 saturated heterocycles. The predicted octanol–water partition coefficient (Wildman–Crippen LogP) is 3.92. The summed E-state index contributed by atoms with van der Waals surface area (Å²) < 4.78 is 40.8. The van der Waals surface area contributed by atoms with Gasteiger partial charge in [0.1, 0.15) is 5.75 Å². The minimum atomic E-state index is -4.41. The lowest BCUT2D eigenvalue weighted by molar-refractivity contribution is -0.137. The Balaban J connectivity index is 0.000000229. The Bertz CT molecular complexity index is 1250. The van der Waals surface area contributed by atoms with Crippen molar-refractivity contribution in [3.05, 3.63) is 77.4 Å². The molecule has 1 aromatic carbocycles. The molecule has 3 N–H and O–H groups in total. The third-order valence-electron chi connectivity index (χ3n) is 4.26. The lowest BCUT2D eigenvalue weighted by Crippen LogP contribution is -2.12. The van der Waals surface area contributed by atoms with Crippen LogP contribution in [0, 0.1) is 13.8 Å². The lowest BCUT2D eigenvalue weighted by atomic mass is 10.0. The molecule has 0 saturated carbocycles. The topological polar surface area (TPSA) is 106 Å². The normalized spacial score (nSPS) is 11.1. The number of benzene rings is 1. The SMILES string of the molecule is Cc1cn2nc(-c3ccccc3C(F)(F)F)cc(C)c2n1.NC(=O)c1ncccc1O. The molecule has 0 radical (unpaired) electrons. The van der Waals surface area contributed by atoms with Gasteiger partial charge in [0.2, 0.25) is 0 Å². The first-order valence-corrected chi connectivity index (χ1v) is 9.02. The maximum atomic E-state index is 13.1. The maximum Gasteiger partial charge on any atom is 0.417 e. The van der Waals surface area contributed by atoms with Crippen LogP contribution >= 0.6 is 0 Å². The van der Waals surface area contributed by atoms with Gasteiger partial charge in [-0.05, 0) is 43.7 Å². The Labute approximate surface area is 175 Å². The molecule has 160 valence electrons. The highest BCUT2D eigenvalue weighted by Crippen LogP contribution is 2.36. The lowest BCUT2D eigenvalue weighted by Gasteiger charge is -2.12. The number of amides is 1. The number of nitrogens with two attached hydrogens (primary N) is 1. The standard InChI is InChI=1S/C15H12F3N3.C6H6N2O2/c1-9-7-13(20-21-8-10(2)19-14(9)21)11-5-3-4-6-12(11)15(16,17)18;7-6(10)5-4(9)2-1-3-8-5/h3-8H,1-2H3;1-3,9H,(H2,7,10). The fourth-order valence-electron chi connectivity index (χ4n) is 2.92. The number of aromatic hydroxyl groups is 1. The van der Waals surface area contributed by atoms with E-state index in [-0.39, 0.29) is 22.7 Å². The number of primary amides is 1. The number of imidazole rings is 1. The number of carbonyl (C=O) groups is 1. The van der Waals surface area contributed by atoms with E-state index in [0.717, 1.165) is 17.3 Å². The van der Waals surface area contributed by atoms with Crippen molar-refractivity contribution in [3.8, 4) is 17.0 Å². The minimum Gasteiger partial charge on any atom is -0.505 e. The van der Waals surface area contributed by atoms with Crippen LogP contribution in [0.4, 0.5) is 13.2 Å². The number of aromatic nitrogens is 4. The predicted molar refractivity (Wildman–Crippen MR) is 107 cm³/mol. The summed E-state index contributed by atoms with van der Waals surface area (Å²) in [6.45, 7) is 3.63. The zero-order valence-corrected chi connectivity index (χ0v) is 16.6. The Kier molecular flexibility index (Phi) is 5.91. The number of hydrogen-bond acceptors (Lipinski definition) is 5. The smallest absolute Gasteiger partial charge is 0.417 e. The van der Waals surface area contributed by atoms with E-state index >= 15 is 0 Å². The number of nitrogens with zero attached hydrogens (tertiary/aromatic N) is 4. The Morgan fingerprint density at radius 3 is 2.45 bits per heavy atom. The molecular weight excluding hydrogens is 411 g/mol. The maximum absolute atomic E-state index is 13.1. The van der Waals surface area contributed by atoms with Crippen molar-refractivity contribution in [2.75, 3.05) is 0 Å². The molecule has 0 aliphatic heterocycles. The molecule has 1 amide bonds. The molecule has 0 aliphatic carbocycles. The van der Waals surface area contributed by atoms with Gasteiger partial charge in [-0.15, -0.1) is 0 Å². The average molecular weight is 429 g/mol. The third kappa shape index (κ3) is 4.80. The van der Waals surface area contributed by atoms with E-state index in [2.05, 4.69) is 15.1 Å². The van der Waals surface area contributed by atoms with E-state index in [1.54, 1.807) is 18.3 Å². The molecule has 0 bridgehead atoms. The largest absolute Gasteiger partial charge is 0.505 e. The molecule has 3 heterocycles. The van der Waals surface area contributed by atoms with Gasteiger partial charge >= 0.3 is 6.18 Å². The fourth-order valence-corrected chi connectivity index (χ4v) is 2.92. The molecule has 3 aromatic heterocycles. The summed E-state index contributed by atoms with van der Waals surface area (Å²) in [6.07, 6.45) is -1.33. The molecule has 0 fully saturated rings. The van der Waals surface area contributed by atoms with Crippen molar-refractivity contribution in [3.63, 3.8) is 0 Å². The number of carbonyl (C=O) groups excluding carboxylic acids is 1. The Hall–Kier alpha value is -3.95. The molecule has 0 atom stereocenters.